The average Bonchev–Trinajstić information content (AvgIpc) is 1.38. The molecule has 0 aromatic rings. The number of hydrogen-bond acceptors (Lipinski definition) is 2. The molecular weight excluding hydrogens is 91.0 g/mol. The topological polar surface area (TPSA) is 43.3 Å². The molecule has 2 nitrogen and oxygen atoms in total. The molecule has 0 aliphatic heterocycles. The van der Waals surface area contributed by atoms with Crippen molar-refractivity contribution >= 4 is 0 Å². The van der Waals surface area contributed by atoms with Crippen LogP contribution in [-0.4, -0.2) is 11.4 Å². The van der Waals surface area contributed by atoms with Crippen molar-refractivity contribution in [3.05, 3.63) is 0 Å². The largest absolute Gasteiger partial charge is 1.00 e. The molecule has 32 valence electrons. The molecule has 3 heteroatoms. The Morgan fingerprint density at radius 2 is 2.00 bits per heavy atom. The molecule has 0 bridgehead atoms. The van der Waals surface area contributed by atoms with Gasteiger partial charge in [-0.15, -0.1) is 0 Å². The zero-order valence-corrected chi connectivity index (χ0v) is 6.14. The summed E-state index contributed by atoms with van der Waals surface area (Å²) in [7, 11) is 0. The number of aliphatic hydroxyl groups is 1. The van der Waals surface area contributed by atoms with E-state index in [0.29, 0.717) is 6.42 Å². The predicted molar refractivity (Wildman–Crippen MR) is 16.3 cm³/mol. The first-order chi connectivity index (χ1) is 2.27. The summed E-state index contributed by atoms with van der Waals surface area (Å²) in [5.41, 5.74) is 0. The molecule has 0 saturated heterocycles. The van der Waals surface area contributed by atoms with Gasteiger partial charge in [0.2, 0.25) is 0 Å². The minimum absolute atomic E-state index is 0. The monoisotopic (exact) mass is 98.0 g/mol. The molecule has 0 aromatic carbocycles. The van der Waals surface area contributed by atoms with E-state index in [9.17, 15) is 5.11 Å². The van der Waals surface area contributed by atoms with Crippen molar-refractivity contribution in [3.8, 4) is 0 Å². The Bertz CT molecular complexity index is 22.8. The van der Waals surface area contributed by atoms with Gasteiger partial charge in [0.15, 0.2) is 0 Å². The Hall–Kier alpha value is 0.920. The van der Waals surface area contributed by atoms with Crippen LogP contribution in [0.2, 0.25) is 0 Å². The first kappa shape index (κ1) is 10.0. The van der Waals surface area contributed by atoms with E-state index in [4.69, 9.17) is 5.11 Å². The first-order valence-corrected chi connectivity index (χ1v) is 1.61. The molecule has 0 saturated carbocycles. The van der Waals surface area contributed by atoms with E-state index in [1.807, 2.05) is 0 Å². The average molecular weight is 98.1 g/mol. The van der Waals surface area contributed by atoms with E-state index in [1.54, 1.807) is 6.92 Å². The van der Waals surface area contributed by atoms with Gasteiger partial charge >= 0.3 is 29.6 Å². The molecule has 0 heterocycles. The SMILES string of the molecule is CCC([O-])O.[Na+]. The summed E-state index contributed by atoms with van der Waals surface area (Å²) in [6, 6.07) is 0. The molecule has 0 aliphatic carbocycles. The maximum atomic E-state index is 9.45. The zero-order valence-electron chi connectivity index (χ0n) is 4.14. The second-order valence-corrected chi connectivity index (χ2v) is 0.863. The van der Waals surface area contributed by atoms with Crippen LogP contribution in [0, 0.1) is 0 Å². The van der Waals surface area contributed by atoms with Crippen LogP contribution >= 0.6 is 0 Å². The van der Waals surface area contributed by atoms with Crippen LogP contribution in [0.3, 0.4) is 0 Å². The number of rotatable bonds is 1. The summed E-state index contributed by atoms with van der Waals surface area (Å²) < 4.78 is 0. The normalized spacial score (nSPS) is 12.5. The third-order valence-corrected chi connectivity index (χ3v) is 0.349. The fraction of sp³-hybridized carbons (Fsp3) is 1.00. The molecule has 6 heavy (non-hydrogen) atoms. The summed E-state index contributed by atoms with van der Waals surface area (Å²) in [4.78, 5) is 0. The van der Waals surface area contributed by atoms with Crippen molar-refractivity contribution in [1.82, 2.24) is 0 Å². The van der Waals surface area contributed by atoms with Gasteiger partial charge in [0.1, 0.15) is 0 Å². The Morgan fingerprint density at radius 1 is 1.83 bits per heavy atom. The Labute approximate surface area is 59.5 Å². The van der Waals surface area contributed by atoms with Crippen LogP contribution in [-0.2, 0) is 0 Å². The maximum Gasteiger partial charge on any atom is 1.00 e. The Balaban J connectivity index is 0. The minimum Gasteiger partial charge on any atom is -0.831 e. The first-order valence-electron chi connectivity index (χ1n) is 1.61. The molecule has 1 unspecified atom stereocenters. The molecule has 0 aromatic heterocycles. The smallest absolute Gasteiger partial charge is 0.831 e. The molecule has 0 fully saturated rings. The van der Waals surface area contributed by atoms with E-state index in [0.717, 1.165) is 0 Å². The van der Waals surface area contributed by atoms with Crippen LogP contribution in [0.4, 0.5) is 0 Å². The summed E-state index contributed by atoms with van der Waals surface area (Å²) in [6.07, 6.45) is -1.06. The summed E-state index contributed by atoms with van der Waals surface area (Å²) in [5, 5.41) is 17.3. The van der Waals surface area contributed by atoms with Gasteiger partial charge in [0.05, 0.1) is 0 Å². The van der Waals surface area contributed by atoms with Gasteiger partial charge in [-0.3, -0.25) is 0 Å². The minimum atomic E-state index is -1.37. The molecule has 0 spiro atoms. The summed E-state index contributed by atoms with van der Waals surface area (Å²) >= 11 is 0. The maximum absolute atomic E-state index is 9.45. The molecule has 0 amide bonds. The van der Waals surface area contributed by atoms with E-state index in [1.165, 1.54) is 0 Å². The molecular formula is C3H7NaO2. The van der Waals surface area contributed by atoms with Crippen molar-refractivity contribution in [2.24, 2.45) is 0 Å². The van der Waals surface area contributed by atoms with Crippen LogP contribution < -0.4 is 34.7 Å². The van der Waals surface area contributed by atoms with Gasteiger partial charge in [-0.1, -0.05) is 6.92 Å². The van der Waals surface area contributed by atoms with Gasteiger partial charge in [-0.2, -0.15) is 0 Å². The van der Waals surface area contributed by atoms with E-state index in [-0.39, 0.29) is 29.6 Å². The second kappa shape index (κ2) is 5.92. The van der Waals surface area contributed by atoms with E-state index >= 15 is 0 Å². The molecule has 0 rings (SSSR count). The molecule has 0 radical (unpaired) electrons. The van der Waals surface area contributed by atoms with Crippen molar-refractivity contribution in [3.63, 3.8) is 0 Å². The third kappa shape index (κ3) is 8.87. The van der Waals surface area contributed by atoms with Gasteiger partial charge in [-0.05, 0) is 12.7 Å². The quantitative estimate of drug-likeness (QED) is 0.269. The molecule has 1 N–H and O–H groups in total. The zero-order chi connectivity index (χ0) is 4.28. The number of aliphatic hydroxyl groups excluding tert-OH is 1. The Morgan fingerprint density at radius 3 is 2.00 bits per heavy atom. The van der Waals surface area contributed by atoms with Gasteiger partial charge < -0.3 is 10.2 Å². The third-order valence-electron chi connectivity index (χ3n) is 0.349. The summed E-state index contributed by atoms with van der Waals surface area (Å²) in [6.45, 7) is 1.64. The fourth-order valence-corrected chi connectivity index (χ4v) is 0. The second-order valence-electron chi connectivity index (χ2n) is 0.863. The van der Waals surface area contributed by atoms with E-state index in [2.05, 4.69) is 0 Å². The van der Waals surface area contributed by atoms with Crippen molar-refractivity contribution in [2.75, 3.05) is 0 Å². The number of hydrogen-bond donors (Lipinski definition) is 1. The Kier molecular flexibility index (Phi) is 9.89. The van der Waals surface area contributed by atoms with Gasteiger partial charge in [0.25, 0.3) is 0 Å². The fourth-order valence-electron chi connectivity index (χ4n) is 0. The van der Waals surface area contributed by atoms with E-state index < -0.39 is 6.29 Å². The predicted octanol–water partition coefficient (Wildman–Crippen LogP) is -3.92. The van der Waals surface area contributed by atoms with Crippen molar-refractivity contribution in [1.29, 1.82) is 0 Å². The van der Waals surface area contributed by atoms with Crippen LogP contribution in [0.15, 0.2) is 0 Å². The van der Waals surface area contributed by atoms with Crippen LogP contribution in [0.5, 0.6) is 0 Å². The van der Waals surface area contributed by atoms with Crippen molar-refractivity contribution in [2.45, 2.75) is 19.6 Å². The standard InChI is InChI=1S/C3H7O2.Na/c1-2-3(4)5;/h3-4H,2H2,1H3;/q-1;+1. The summed E-state index contributed by atoms with van der Waals surface area (Å²) in [5.74, 6) is 0. The van der Waals surface area contributed by atoms with Crippen molar-refractivity contribution < 1.29 is 39.8 Å². The van der Waals surface area contributed by atoms with Crippen LogP contribution in [0.1, 0.15) is 13.3 Å². The molecule has 0 aliphatic rings. The van der Waals surface area contributed by atoms with Crippen LogP contribution in [0.25, 0.3) is 0 Å². The van der Waals surface area contributed by atoms with Gasteiger partial charge in [0, 0.05) is 0 Å². The molecule has 1 atom stereocenters. The van der Waals surface area contributed by atoms with Gasteiger partial charge in [-0.25, -0.2) is 0 Å².